The van der Waals surface area contributed by atoms with Gasteiger partial charge in [0.1, 0.15) is 0 Å². The van der Waals surface area contributed by atoms with Crippen LogP contribution in [0.5, 0.6) is 0 Å². The highest BCUT2D eigenvalue weighted by atomic mass is 79.9. The van der Waals surface area contributed by atoms with E-state index in [9.17, 15) is 4.79 Å². The van der Waals surface area contributed by atoms with E-state index in [-0.39, 0.29) is 5.91 Å². The zero-order chi connectivity index (χ0) is 14.0. The van der Waals surface area contributed by atoms with E-state index in [1.54, 1.807) is 4.68 Å². The zero-order valence-corrected chi connectivity index (χ0v) is 13.5. The van der Waals surface area contributed by atoms with Gasteiger partial charge in [-0.05, 0) is 39.5 Å². The summed E-state index contributed by atoms with van der Waals surface area (Å²) in [7, 11) is 1.89. The van der Waals surface area contributed by atoms with Crippen LogP contribution in [0.3, 0.4) is 0 Å². The van der Waals surface area contributed by atoms with Crippen molar-refractivity contribution in [2.24, 2.45) is 7.05 Å². The van der Waals surface area contributed by atoms with Gasteiger partial charge in [-0.2, -0.15) is 5.10 Å². The third kappa shape index (κ3) is 2.86. The molecular formula is C14H22BrN3O. The molecule has 106 valence electrons. The number of alkyl halides is 1. The molecule has 4 nitrogen and oxygen atoms in total. The van der Waals surface area contributed by atoms with Crippen LogP contribution in [0.4, 0.5) is 0 Å². The zero-order valence-electron chi connectivity index (χ0n) is 11.9. The molecule has 0 saturated carbocycles. The molecule has 0 radical (unpaired) electrons. The smallest absolute Gasteiger partial charge is 0.257 e. The molecule has 5 heteroatoms. The largest absolute Gasteiger partial charge is 0.336 e. The van der Waals surface area contributed by atoms with Crippen molar-refractivity contribution in [3.05, 3.63) is 17.0 Å². The van der Waals surface area contributed by atoms with Gasteiger partial charge in [0.05, 0.1) is 11.3 Å². The summed E-state index contributed by atoms with van der Waals surface area (Å²) < 4.78 is 1.80. The van der Waals surface area contributed by atoms with Gasteiger partial charge in [0, 0.05) is 30.7 Å². The average Bonchev–Trinajstić information content (AvgIpc) is 2.64. The Hall–Kier alpha value is -0.840. The van der Waals surface area contributed by atoms with Crippen molar-refractivity contribution in [2.45, 2.75) is 45.6 Å². The number of aryl methyl sites for hydroxylation is 2. The van der Waals surface area contributed by atoms with Gasteiger partial charge >= 0.3 is 0 Å². The highest BCUT2D eigenvalue weighted by Crippen LogP contribution is 2.24. The van der Waals surface area contributed by atoms with Crippen LogP contribution in [0.15, 0.2) is 0 Å². The molecule has 1 atom stereocenters. The standard InChI is InChI=1S/C14H22BrN3O/c1-10-13(11(2)17(3)16-10)14(19)18-9-5-4-6-12(18)7-8-15/h12H,4-9H2,1-3H3. The van der Waals surface area contributed by atoms with Gasteiger partial charge in [0.15, 0.2) is 0 Å². The summed E-state index contributed by atoms with van der Waals surface area (Å²) in [6.45, 7) is 4.77. The lowest BCUT2D eigenvalue weighted by atomic mass is 9.98. The lowest BCUT2D eigenvalue weighted by Gasteiger charge is -2.35. The van der Waals surface area contributed by atoms with Gasteiger partial charge in [-0.3, -0.25) is 9.48 Å². The Kier molecular flexibility index (Phi) is 4.66. The Bertz CT molecular complexity index is 468. The highest BCUT2D eigenvalue weighted by Gasteiger charge is 2.30. The molecule has 1 unspecified atom stereocenters. The normalized spacial score (nSPS) is 19.8. The van der Waals surface area contributed by atoms with Crippen LogP contribution in [0, 0.1) is 13.8 Å². The maximum Gasteiger partial charge on any atom is 0.257 e. The molecule has 1 amide bonds. The van der Waals surface area contributed by atoms with Crippen LogP contribution in [0.25, 0.3) is 0 Å². The Morgan fingerprint density at radius 2 is 2.16 bits per heavy atom. The first-order valence-corrected chi connectivity index (χ1v) is 8.05. The minimum absolute atomic E-state index is 0.161. The van der Waals surface area contributed by atoms with Crippen molar-refractivity contribution < 1.29 is 4.79 Å². The summed E-state index contributed by atoms with van der Waals surface area (Å²) in [6, 6.07) is 0.375. The summed E-state index contributed by atoms with van der Waals surface area (Å²) >= 11 is 3.50. The SMILES string of the molecule is Cc1nn(C)c(C)c1C(=O)N1CCCCC1CCBr. The van der Waals surface area contributed by atoms with E-state index in [0.29, 0.717) is 6.04 Å². The minimum atomic E-state index is 0.161. The predicted octanol–water partition coefficient (Wildman–Crippen LogP) is 2.82. The van der Waals surface area contributed by atoms with Gasteiger partial charge in [-0.15, -0.1) is 0 Å². The lowest BCUT2D eigenvalue weighted by Crippen LogP contribution is -2.44. The monoisotopic (exact) mass is 327 g/mol. The van der Waals surface area contributed by atoms with Crippen molar-refractivity contribution in [3.8, 4) is 0 Å². The first kappa shape index (κ1) is 14.6. The van der Waals surface area contributed by atoms with Crippen LogP contribution >= 0.6 is 15.9 Å². The molecule has 1 aromatic rings. The molecule has 0 aliphatic carbocycles. The summed E-state index contributed by atoms with van der Waals surface area (Å²) in [5, 5.41) is 5.31. The number of amides is 1. The van der Waals surface area contributed by atoms with Gasteiger partial charge in [0.25, 0.3) is 5.91 Å². The number of carbonyl (C=O) groups is 1. The third-order valence-electron chi connectivity index (χ3n) is 4.05. The fourth-order valence-electron chi connectivity index (χ4n) is 2.92. The number of carbonyl (C=O) groups excluding carboxylic acids is 1. The molecule has 2 heterocycles. The number of aromatic nitrogens is 2. The number of nitrogens with zero attached hydrogens (tertiary/aromatic N) is 3. The van der Waals surface area contributed by atoms with E-state index in [1.165, 1.54) is 6.42 Å². The fraction of sp³-hybridized carbons (Fsp3) is 0.714. The number of halogens is 1. The Morgan fingerprint density at radius 3 is 2.74 bits per heavy atom. The molecule has 1 aromatic heterocycles. The second-order valence-electron chi connectivity index (χ2n) is 5.30. The number of hydrogen-bond donors (Lipinski definition) is 0. The van der Waals surface area contributed by atoms with E-state index in [2.05, 4.69) is 25.9 Å². The number of likely N-dealkylation sites (tertiary alicyclic amines) is 1. The molecular weight excluding hydrogens is 306 g/mol. The van der Waals surface area contributed by atoms with E-state index in [0.717, 1.165) is 48.1 Å². The molecule has 0 bridgehead atoms. The average molecular weight is 328 g/mol. The van der Waals surface area contributed by atoms with Crippen LogP contribution in [-0.4, -0.2) is 38.5 Å². The number of hydrogen-bond acceptors (Lipinski definition) is 2. The lowest BCUT2D eigenvalue weighted by molar-refractivity contribution is 0.0608. The first-order chi connectivity index (χ1) is 9.06. The van der Waals surface area contributed by atoms with Gasteiger partial charge in [0.2, 0.25) is 0 Å². The number of rotatable bonds is 3. The molecule has 0 N–H and O–H groups in total. The maximum absolute atomic E-state index is 12.8. The minimum Gasteiger partial charge on any atom is -0.336 e. The molecule has 1 aliphatic heterocycles. The molecule has 0 aromatic carbocycles. The highest BCUT2D eigenvalue weighted by molar-refractivity contribution is 9.09. The topological polar surface area (TPSA) is 38.1 Å². The Labute approximate surface area is 123 Å². The summed E-state index contributed by atoms with van der Waals surface area (Å²) in [5.41, 5.74) is 2.60. The molecule has 1 fully saturated rings. The maximum atomic E-state index is 12.8. The molecule has 19 heavy (non-hydrogen) atoms. The van der Waals surface area contributed by atoms with Crippen LogP contribution in [-0.2, 0) is 7.05 Å². The number of piperidine rings is 1. The summed E-state index contributed by atoms with van der Waals surface area (Å²) in [4.78, 5) is 14.9. The Balaban J connectivity index is 2.26. The van der Waals surface area contributed by atoms with Crippen molar-refractivity contribution in [2.75, 3.05) is 11.9 Å². The van der Waals surface area contributed by atoms with Crippen LogP contribution in [0.2, 0.25) is 0 Å². The fourth-order valence-corrected chi connectivity index (χ4v) is 3.45. The predicted molar refractivity (Wildman–Crippen MR) is 79.8 cm³/mol. The van der Waals surface area contributed by atoms with Gasteiger partial charge in [-0.25, -0.2) is 0 Å². The van der Waals surface area contributed by atoms with Gasteiger partial charge in [-0.1, -0.05) is 15.9 Å². The van der Waals surface area contributed by atoms with Crippen molar-refractivity contribution in [1.29, 1.82) is 0 Å². The second kappa shape index (κ2) is 6.07. The van der Waals surface area contributed by atoms with E-state index < -0.39 is 0 Å². The molecule has 2 rings (SSSR count). The van der Waals surface area contributed by atoms with Crippen LogP contribution in [0.1, 0.15) is 47.4 Å². The van der Waals surface area contributed by atoms with Crippen molar-refractivity contribution >= 4 is 21.8 Å². The Morgan fingerprint density at radius 1 is 1.42 bits per heavy atom. The summed E-state index contributed by atoms with van der Waals surface area (Å²) in [6.07, 6.45) is 4.50. The molecule has 1 saturated heterocycles. The van der Waals surface area contributed by atoms with Crippen LogP contribution < -0.4 is 0 Å². The quantitative estimate of drug-likeness (QED) is 0.800. The van der Waals surface area contributed by atoms with Gasteiger partial charge < -0.3 is 4.90 Å². The van der Waals surface area contributed by atoms with E-state index in [4.69, 9.17) is 0 Å². The third-order valence-corrected chi connectivity index (χ3v) is 4.51. The summed E-state index contributed by atoms with van der Waals surface area (Å²) in [5.74, 6) is 0.161. The first-order valence-electron chi connectivity index (χ1n) is 6.93. The molecule has 1 aliphatic rings. The van der Waals surface area contributed by atoms with Crippen molar-refractivity contribution in [1.82, 2.24) is 14.7 Å². The van der Waals surface area contributed by atoms with E-state index in [1.807, 2.05) is 20.9 Å². The van der Waals surface area contributed by atoms with E-state index >= 15 is 0 Å². The second-order valence-corrected chi connectivity index (χ2v) is 6.09. The molecule has 0 spiro atoms. The van der Waals surface area contributed by atoms with Crippen molar-refractivity contribution in [3.63, 3.8) is 0 Å².